The van der Waals surface area contributed by atoms with Crippen molar-refractivity contribution in [2.45, 2.75) is 6.04 Å². The highest BCUT2D eigenvalue weighted by Gasteiger charge is 2.46. The summed E-state index contributed by atoms with van der Waals surface area (Å²) in [5.41, 5.74) is 0.902. The molecular formula is C20H19ClN2O5. The Bertz CT molecular complexity index is 929. The van der Waals surface area contributed by atoms with Crippen LogP contribution < -0.4 is 4.74 Å². The highest BCUT2D eigenvalue weighted by atomic mass is 35.5. The summed E-state index contributed by atoms with van der Waals surface area (Å²) >= 11 is 6.15. The van der Waals surface area contributed by atoms with Crippen molar-refractivity contribution in [1.29, 1.82) is 0 Å². The molecular weight excluding hydrogens is 384 g/mol. The molecule has 1 atom stereocenters. The third-order valence-electron chi connectivity index (χ3n) is 4.50. The number of ketones is 1. The van der Waals surface area contributed by atoms with Crippen LogP contribution in [-0.4, -0.2) is 54.1 Å². The van der Waals surface area contributed by atoms with Gasteiger partial charge in [-0.25, -0.2) is 0 Å². The summed E-state index contributed by atoms with van der Waals surface area (Å²) in [6.07, 6.45) is 3.15. The Morgan fingerprint density at radius 2 is 2.07 bits per heavy atom. The monoisotopic (exact) mass is 402 g/mol. The summed E-state index contributed by atoms with van der Waals surface area (Å²) in [6.45, 7) is 0.443. The van der Waals surface area contributed by atoms with Crippen LogP contribution in [0.1, 0.15) is 17.2 Å². The maximum absolute atomic E-state index is 12.8. The predicted molar refractivity (Wildman–Crippen MR) is 103 cm³/mol. The van der Waals surface area contributed by atoms with E-state index in [1.54, 1.807) is 36.7 Å². The van der Waals surface area contributed by atoms with E-state index in [1.165, 1.54) is 25.2 Å². The Morgan fingerprint density at radius 3 is 2.68 bits per heavy atom. The van der Waals surface area contributed by atoms with Crippen LogP contribution in [0.3, 0.4) is 0 Å². The number of aliphatic hydroxyl groups excluding tert-OH is 1. The van der Waals surface area contributed by atoms with E-state index in [0.29, 0.717) is 16.9 Å². The van der Waals surface area contributed by atoms with Crippen molar-refractivity contribution in [3.05, 3.63) is 64.4 Å². The number of aliphatic hydroxyl groups is 1. The lowest BCUT2D eigenvalue weighted by molar-refractivity contribution is -0.140. The molecule has 1 aliphatic rings. The predicted octanol–water partition coefficient (Wildman–Crippen LogP) is 2.81. The fourth-order valence-corrected chi connectivity index (χ4v) is 3.41. The highest BCUT2D eigenvalue weighted by molar-refractivity contribution is 6.46. The lowest BCUT2D eigenvalue weighted by Gasteiger charge is -2.24. The minimum atomic E-state index is -0.773. The average molecular weight is 403 g/mol. The lowest BCUT2D eigenvalue weighted by atomic mass is 9.96. The number of aromatic nitrogens is 1. The van der Waals surface area contributed by atoms with Gasteiger partial charge in [0, 0.05) is 31.6 Å². The fourth-order valence-electron chi connectivity index (χ4n) is 3.15. The van der Waals surface area contributed by atoms with E-state index in [-0.39, 0.29) is 29.5 Å². The van der Waals surface area contributed by atoms with E-state index < -0.39 is 17.7 Å². The molecule has 0 aliphatic carbocycles. The Balaban J connectivity index is 2.15. The van der Waals surface area contributed by atoms with Crippen molar-refractivity contribution < 1.29 is 24.2 Å². The van der Waals surface area contributed by atoms with Crippen LogP contribution in [0, 0.1) is 0 Å². The molecule has 8 heteroatoms. The summed E-state index contributed by atoms with van der Waals surface area (Å²) in [6, 6.07) is 7.32. The molecule has 1 unspecified atom stereocenters. The number of carbonyl (C=O) groups is 2. The van der Waals surface area contributed by atoms with Gasteiger partial charge in [0.05, 0.1) is 30.4 Å². The molecule has 3 rings (SSSR count). The third kappa shape index (κ3) is 3.58. The van der Waals surface area contributed by atoms with Crippen LogP contribution in [0.5, 0.6) is 5.75 Å². The molecule has 1 aliphatic heterocycles. The number of benzene rings is 1. The molecule has 2 heterocycles. The number of likely N-dealkylation sites (tertiary alicyclic amines) is 1. The van der Waals surface area contributed by atoms with Gasteiger partial charge in [0.2, 0.25) is 0 Å². The van der Waals surface area contributed by atoms with E-state index in [0.717, 1.165) is 0 Å². The van der Waals surface area contributed by atoms with Crippen LogP contribution in [0.15, 0.2) is 48.3 Å². The molecule has 7 nitrogen and oxygen atoms in total. The van der Waals surface area contributed by atoms with Crippen molar-refractivity contribution in [1.82, 2.24) is 9.88 Å². The van der Waals surface area contributed by atoms with Gasteiger partial charge in [-0.3, -0.25) is 14.6 Å². The van der Waals surface area contributed by atoms with Gasteiger partial charge < -0.3 is 19.5 Å². The number of halogens is 1. The molecule has 0 saturated carbocycles. The molecule has 1 saturated heterocycles. The molecule has 1 N–H and O–H groups in total. The van der Waals surface area contributed by atoms with E-state index >= 15 is 0 Å². The van der Waals surface area contributed by atoms with Gasteiger partial charge in [0.1, 0.15) is 11.5 Å². The zero-order valence-corrected chi connectivity index (χ0v) is 16.1. The number of Topliss-reactive ketones (excluding diaryl/α,β-unsaturated/α-hetero) is 1. The quantitative estimate of drug-likeness (QED) is 0.454. The third-order valence-corrected chi connectivity index (χ3v) is 4.80. The van der Waals surface area contributed by atoms with Crippen LogP contribution >= 0.6 is 11.6 Å². The molecule has 146 valence electrons. The fraction of sp³-hybridized carbons (Fsp3) is 0.250. The van der Waals surface area contributed by atoms with E-state index in [4.69, 9.17) is 21.1 Å². The molecule has 0 radical (unpaired) electrons. The Kier molecular flexibility index (Phi) is 5.96. The second-order valence-corrected chi connectivity index (χ2v) is 6.53. The summed E-state index contributed by atoms with van der Waals surface area (Å²) < 4.78 is 10.2. The minimum absolute atomic E-state index is 0.0182. The van der Waals surface area contributed by atoms with Crippen molar-refractivity contribution in [2.75, 3.05) is 27.4 Å². The van der Waals surface area contributed by atoms with Gasteiger partial charge in [-0.05, 0) is 29.8 Å². The Hall–Kier alpha value is -2.90. The largest absolute Gasteiger partial charge is 0.507 e. The molecule has 1 amide bonds. The number of amides is 1. The zero-order valence-electron chi connectivity index (χ0n) is 15.4. The first-order valence-corrected chi connectivity index (χ1v) is 8.88. The molecule has 0 spiro atoms. The summed E-state index contributed by atoms with van der Waals surface area (Å²) in [7, 11) is 2.99. The average Bonchev–Trinajstić information content (AvgIpc) is 2.97. The molecule has 1 aromatic carbocycles. The molecule has 0 bridgehead atoms. The number of pyridine rings is 1. The highest BCUT2D eigenvalue weighted by Crippen LogP contribution is 2.39. The smallest absolute Gasteiger partial charge is 0.295 e. The number of rotatable bonds is 6. The van der Waals surface area contributed by atoms with Crippen LogP contribution in [0.25, 0.3) is 5.76 Å². The summed E-state index contributed by atoms with van der Waals surface area (Å²) in [5, 5.41) is 11.2. The first-order valence-electron chi connectivity index (χ1n) is 8.50. The van der Waals surface area contributed by atoms with Gasteiger partial charge in [-0.15, -0.1) is 0 Å². The number of hydrogen-bond acceptors (Lipinski definition) is 6. The first-order chi connectivity index (χ1) is 13.5. The van der Waals surface area contributed by atoms with Gasteiger partial charge in [0.15, 0.2) is 0 Å². The maximum Gasteiger partial charge on any atom is 0.295 e. The standard InChI is InChI=1S/C20H19ClN2O5/c1-27-9-8-23-17(13-4-3-7-22-11-13)16(19(25)20(23)26)18(24)12-5-6-15(28-2)14(21)10-12/h3-7,10-11,17,24H,8-9H2,1-2H3/b18-16-. The number of nitrogens with zero attached hydrogens (tertiary/aromatic N) is 2. The SMILES string of the molecule is COCCN1C(=O)C(=O)/C(=C(\O)c2ccc(OC)c(Cl)c2)C1c1cccnc1. The summed E-state index contributed by atoms with van der Waals surface area (Å²) in [5.74, 6) is -1.35. The number of carbonyl (C=O) groups excluding carboxylic acids is 2. The van der Waals surface area contributed by atoms with Gasteiger partial charge in [-0.1, -0.05) is 17.7 Å². The Morgan fingerprint density at radius 1 is 1.29 bits per heavy atom. The summed E-state index contributed by atoms with van der Waals surface area (Å²) in [4.78, 5) is 30.8. The Labute approximate surface area is 167 Å². The van der Waals surface area contributed by atoms with Crippen molar-refractivity contribution in [2.24, 2.45) is 0 Å². The minimum Gasteiger partial charge on any atom is -0.507 e. The lowest BCUT2D eigenvalue weighted by Crippen LogP contribution is -2.32. The second-order valence-electron chi connectivity index (χ2n) is 6.12. The normalized spacial score (nSPS) is 18.5. The zero-order chi connectivity index (χ0) is 20.3. The number of methoxy groups -OCH3 is 2. The number of hydrogen-bond donors (Lipinski definition) is 1. The topological polar surface area (TPSA) is 89.0 Å². The molecule has 28 heavy (non-hydrogen) atoms. The van der Waals surface area contributed by atoms with E-state index in [2.05, 4.69) is 4.98 Å². The molecule has 1 aromatic heterocycles. The van der Waals surface area contributed by atoms with Gasteiger partial charge in [-0.2, -0.15) is 0 Å². The van der Waals surface area contributed by atoms with Crippen LogP contribution in [-0.2, 0) is 14.3 Å². The van der Waals surface area contributed by atoms with Crippen molar-refractivity contribution in [3.8, 4) is 5.75 Å². The van der Waals surface area contributed by atoms with E-state index in [1.807, 2.05) is 0 Å². The maximum atomic E-state index is 12.8. The van der Waals surface area contributed by atoms with Crippen LogP contribution in [0.2, 0.25) is 5.02 Å². The van der Waals surface area contributed by atoms with Crippen LogP contribution in [0.4, 0.5) is 0 Å². The molecule has 2 aromatic rings. The van der Waals surface area contributed by atoms with E-state index in [9.17, 15) is 14.7 Å². The van der Waals surface area contributed by atoms with Crippen molar-refractivity contribution in [3.63, 3.8) is 0 Å². The van der Waals surface area contributed by atoms with Gasteiger partial charge in [0.25, 0.3) is 11.7 Å². The molecule has 1 fully saturated rings. The first kappa shape index (κ1) is 19.9. The van der Waals surface area contributed by atoms with Gasteiger partial charge >= 0.3 is 0 Å². The van der Waals surface area contributed by atoms with Crippen molar-refractivity contribution >= 4 is 29.1 Å². The second kappa shape index (κ2) is 8.41. The number of ether oxygens (including phenoxy) is 2.